The Kier molecular flexibility index (Phi) is 4.55. The van der Waals surface area contributed by atoms with E-state index in [1.165, 1.54) is 0 Å². The summed E-state index contributed by atoms with van der Waals surface area (Å²) in [5, 5.41) is 7.12. The van der Waals surface area contributed by atoms with Crippen LogP contribution in [0.5, 0.6) is 0 Å². The maximum absolute atomic E-state index is 12.3. The van der Waals surface area contributed by atoms with E-state index in [9.17, 15) is 4.79 Å². The third-order valence-electron chi connectivity index (χ3n) is 4.19. The van der Waals surface area contributed by atoms with Gasteiger partial charge in [-0.1, -0.05) is 6.92 Å². The second-order valence-corrected chi connectivity index (χ2v) is 5.84. The second kappa shape index (κ2) is 6.76. The molecule has 3 rings (SSSR count). The van der Waals surface area contributed by atoms with Gasteiger partial charge in [0.15, 0.2) is 0 Å². The molecule has 1 atom stereocenters. The van der Waals surface area contributed by atoms with Gasteiger partial charge in [0, 0.05) is 44.8 Å². The number of hydrogen-bond acceptors (Lipinski definition) is 5. The maximum Gasteiger partial charge on any atom is 0.269 e. The number of carbonyl (C=O) groups is 1. The first-order valence-electron chi connectivity index (χ1n) is 8.02. The fourth-order valence-electron chi connectivity index (χ4n) is 2.83. The van der Waals surface area contributed by atoms with Crippen LogP contribution < -0.4 is 10.2 Å². The normalized spacial score (nSPS) is 18.0. The zero-order valence-electron chi connectivity index (χ0n) is 13.6. The molecule has 1 amide bonds. The quantitative estimate of drug-likeness (QED) is 0.917. The number of aromatic nitrogens is 4. The first-order chi connectivity index (χ1) is 11.2. The van der Waals surface area contributed by atoms with E-state index in [0.29, 0.717) is 5.69 Å². The van der Waals surface area contributed by atoms with Crippen molar-refractivity contribution in [3.05, 3.63) is 35.9 Å². The number of rotatable bonds is 4. The highest BCUT2D eigenvalue weighted by molar-refractivity contribution is 5.92. The highest BCUT2D eigenvalue weighted by Gasteiger charge is 2.24. The van der Waals surface area contributed by atoms with Gasteiger partial charge in [-0.2, -0.15) is 5.10 Å². The third-order valence-corrected chi connectivity index (χ3v) is 4.19. The van der Waals surface area contributed by atoms with E-state index >= 15 is 0 Å². The van der Waals surface area contributed by atoms with Crippen molar-refractivity contribution in [2.45, 2.75) is 32.2 Å². The number of nitrogens with zero attached hydrogens (tertiary/aromatic N) is 5. The number of nitrogens with one attached hydrogen (secondary N) is 1. The van der Waals surface area contributed by atoms with Crippen molar-refractivity contribution in [2.75, 3.05) is 18.0 Å². The van der Waals surface area contributed by atoms with Gasteiger partial charge in [-0.3, -0.25) is 9.48 Å². The molecule has 0 aromatic carbocycles. The zero-order valence-corrected chi connectivity index (χ0v) is 13.6. The number of anilines is 1. The van der Waals surface area contributed by atoms with Crippen LogP contribution in [0.1, 0.15) is 35.8 Å². The highest BCUT2D eigenvalue weighted by atomic mass is 16.2. The molecule has 1 N–H and O–H groups in total. The average Bonchev–Trinajstić information content (AvgIpc) is 3.01. The minimum absolute atomic E-state index is 0.0842. The van der Waals surface area contributed by atoms with Gasteiger partial charge in [0.1, 0.15) is 5.69 Å². The van der Waals surface area contributed by atoms with Gasteiger partial charge in [-0.25, -0.2) is 9.97 Å². The minimum atomic E-state index is -0.0842. The Labute approximate surface area is 135 Å². The Morgan fingerprint density at radius 1 is 1.39 bits per heavy atom. The summed E-state index contributed by atoms with van der Waals surface area (Å²) in [5.41, 5.74) is 1.71. The first-order valence-corrected chi connectivity index (χ1v) is 8.02. The minimum Gasteiger partial charge on any atom is -0.346 e. The second-order valence-electron chi connectivity index (χ2n) is 5.84. The molecule has 1 fully saturated rings. The number of carbonyl (C=O) groups excluding carboxylic acids is 1. The molecule has 122 valence electrons. The van der Waals surface area contributed by atoms with Crippen molar-refractivity contribution in [3.63, 3.8) is 0 Å². The number of amides is 1. The standard InChI is InChI=1S/C16H22N6O/c1-3-12-9-17-16(18-10-12)22-8-4-5-13(11-22)20-15(23)14-6-7-19-21(14)2/h6-7,9-10,13H,3-5,8,11H2,1-2H3,(H,20,23). The van der Waals surface area contributed by atoms with Crippen molar-refractivity contribution in [1.82, 2.24) is 25.1 Å². The molecule has 23 heavy (non-hydrogen) atoms. The lowest BCUT2D eigenvalue weighted by atomic mass is 10.1. The number of piperidine rings is 1. The SMILES string of the molecule is CCc1cnc(N2CCCC(NC(=O)c3ccnn3C)C2)nc1. The van der Waals surface area contributed by atoms with Crippen molar-refractivity contribution in [3.8, 4) is 0 Å². The zero-order chi connectivity index (χ0) is 16.2. The van der Waals surface area contributed by atoms with Crippen molar-refractivity contribution < 1.29 is 4.79 Å². The van der Waals surface area contributed by atoms with Gasteiger partial charge in [-0.15, -0.1) is 0 Å². The summed E-state index contributed by atoms with van der Waals surface area (Å²) >= 11 is 0. The number of hydrogen-bond donors (Lipinski definition) is 1. The lowest BCUT2D eigenvalue weighted by molar-refractivity contribution is 0.0923. The predicted molar refractivity (Wildman–Crippen MR) is 87.3 cm³/mol. The van der Waals surface area contributed by atoms with Crippen LogP contribution in [0.15, 0.2) is 24.7 Å². The van der Waals surface area contributed by atoms with Crippen LogP contribution in [0.4, 0.5) is 5.95 Å². The molecule has 1 saturated heterocycles. The molecule has 0 spiro atoms. The van der Waals surface area contributed by atoms with Gasteiger partial charge in [-0.05, 0) is 30.9 Å². The van der Waals surface area contributed by atoms with Gasteiger partial charge >= 0.3 is 0 Å². The fraction of sp³-hybridized carbons (Fsp3) is 0.500. The van der Waals surface area contributed by atoms with Crippen LogP contribution >= 0.6 is 0 Å². The molecule has 7 heteroatoms. The molecule has 3 heterocycles. The molecule has 2 aromatic rings. The Bertz CT molecular complexity index is 665. The van der Waals surface area contributed by atoms with Gasteiger partial charge in [0.2, 0.25) is 5.95 Å². The van der Waals surface area contributed by atoms with Crippen molar-refractivity contribution >= 4 is 11.9 Å². The Morgan fingerprint density at radius 2 is 2.17 bits per heavy atom. The number of aryl methyl sites for hydroxylation is 2. The van der Waals surface area contributed by atoms with Crippen LogP contribution in [-0.2, 0) is 13.5 Å². The maximum atomic E-state index is 12.3. The summed E-state index contributed by atoms with van der Waals surface area (Å²) in [6.07, 6.45) is 8.29. The predicted octanol–water partition coefficient (Wildman–Crippen LogP) is 1.17. The van der Waals surface area contributed by atoms with Crippen LogP contribution in [0.3, 0.4) is 0 Å². The van der Waals surface area contributed by atoms with E-state index < -0.39 is 0 Å². The lowest BCUT2D eigenvalue weighted by Gasteiger charge is -2.33. The molecule has 0 radical (unpaired) electrons. The molecule has 0 saturated carbocycles. The molecule has 1 aliphatic rings. The van der Waals surface area contributed by atoms with Crippen molar-refractivity contribution in [2.24, 2.45) is 7.05 Å². The molecular weight excluding hydrogens is 292 g/mol. The summed E-state index contributed by atoms with van der Waals surface area (Å²) in [4.78, 5) is 23.3. The van der Waals surface area contributed by atoms with E-state index in [0.717, 1.165) is 43.9 Å². The largest absolute Gasteiger partial charge is 0.346 e. The summed E-state index contributed by atoms with van der Waals surface area (Å²) in [7, 11) is 1.77. The van der Waals surface area contributed by atoms with Gasteiger partial charge in [0.25, 0.3) is 5.91 Å². The third kappa shape index (κ3) is 3.49. The molecule has 7 nitrogen and oxygen atoms in total. The summed E-state index contributed by atoms with van der Waals surface area (Å²) in [6, 6.07) is 1.82. The molecule has 0 bridgehead atoms. The Morgan fingerprint density at radius 3 is 2.83 bits per heavy atom. The summed E-state index contributed by atoms with van der Waals surface area (Å²) in [6.45, 7) is 3.74. The average molecular weight is 314 g/mol. The fourth-order valence-corrected chi connectivity index (χ4v) is 2.83. The van der Waals surface area contributed by atoms with E-state index in [4.69, 9.17) is 0 Å². The summed E-state index contributed by atoms with van der Waals surface area (Å²) < 4.78 is 1.59. The molecule has 0 aliphatic carbocycles. The van der Waals surface area contributed by atoms with Crippen molar-refractivity contribution in [1.29, 1.82) is 0 Å². The van der Waals surface area contributed by atoms with Gasteiger partial charge in [0.05, 0.1) is 0 Å². The first kappa shape index (κ1) is 15.5. The smallest absolute Gasteiger partial charge is 0.269 e. The lowest BCUT2D eigenvalue weighted by Crippen LogP contribution is -2.48. The topological polar surface area (TPSA) is 75.9 Å². The van der Waals surface area contributed by atoms with Crippen LogP contribution in [0.2, 0.25) is 0 Å². The van der Waals surface area contributed by atoms with E-state index in [1.54, 1.807) is 24.0 Å². The molecule has 1 unspecified atom stereocenters. The highest BCUT2D eigenvalue weighted by Crippen LogP contribution is 2.16. The van der Waals surface area contributed by atoms with Crippen LogP contribution in [0.25, 0.3) is 0 Å². The Hall–Kier alpha value is -2.44. The van der Waals surface area contributed by atoms with E-state index in [1.807, 2.05) is 12.4 Å². The monoisotopic (exact) mass is 314 g/mol. The van der Waals surface area contributed by atoms with Gasteiger partial charge < -0.3 is 10.2 Å². The molecular formula is C16H22N6O. The van der Waals surface area contributed by atoms with E-state index in [2.05, 4.69) is 32.2 Å². The van der Waals surface area contributed by atoms with E-state index in [-0.39, 0.29) is 11.9 Å². The summed E-state index contributed by atoms with van der Waals surface area (Å²) in [5.74, 6) is 0.654. The van der Waals surface area contributed by atoms with Crippen LogP contribution in [-0.4, -0.2) is 44.8 Å². The Balaban J connectivity index is 1.63. The molecule has 2 aromatic heterocycles. The van der Waals surface area contributed by atoms with Crippen LogP contribution in [0, 0.1) is 0 Å². The molecule has 1 aliphatic heterocycles.